The first-order valence-corrected chi connectivity index (χ1v) is 14.6. The van der Waals surface area contributed by atoms with Crippen molar-refractivity contribution in [2.75, 3.05) is 16.5 Å². The van der Waals surface area contributed by atoms with Crippen LogP contribution in [0.3, 0.4) is 0 Å². The summed E-state index contributed by atoms with van der Waals surface area (Å²) >= 11 is 3.65. The van der Waals surface area contributed by atoms with Crippen molar-refractivity contribution in [2.45, 2.75) is 24.6 Å². The lowest BCUT2D eigenvalue weighted by Crippen LogP contribution is -2.53. The molecule has 2 unspecified atom stereocenters. The molecule has 1 spiro atoms. The highest BCUT2D eigenvalue weighted by atomic mass is 79.9. The fourth-order valence-corrected chi connectivity index (χ4v) is 6.53. The number of carbonyl (C=O) groups excluding carboxylic acids is 1. The van der Waals surface area contributed by atoms with Crippen LogP contribution in [0.15, 0.2) is 125 Å². The number of aliphatic hydroxyl groups is 1. The van der Waals surface area contributed by atoms with Gasteiger partial charge in [-0.1, -0.05) is 106 Å². The maximum absolute atomic E-state index is 15.2. The average molecular weight is 620 g/mol. The number of aliphatic hydroxyl groups excluding tert-OH is 1. The summed E-state index contributed by atoms with van der Waals surface area (Å²) in [6, 6.07) is 36.3. The summed E-state index contributed by atoms with van der Waals surface area (Å²) in [7, 11) is 0. The predicted octanol–water partition coefficient (Wildman–Crippen LogP) is 5.48. The molecule has 0 fully saturated rings. The van der Waals surface area contributed by atoms with Crippen molar-refractivity contribution in [2.24, 2.45) is 5.10 Å². The molecule has 42 heavy (non-hydrogen) atoms. The summed E-state index contributed by atoms with van der Waals surface area (Å²) in [5.41, 5.74) is 4.65. The fraction of sp³-hybridized carbons (Fsp3) is 0.152. The predicted molar refractivity (Wildman–Crippen MR) is 165 cm³/mol. The van der Waals surface area contributed by atoms with Crippen LogP contribution in [0.1, 0.15) is 28.3 Å². The molecule has 1 aromatic heterocycles. The number of hydrazone groups is 1. The maximum atomic E-state index is 15.2. The van der Waals surface area contributed by atoms with Crippen molar-refractivity contribution in [1.29, 1.82) is 0 Å². The van der Waals surface area contributed by atoms with Crippen molar-refractivity contribution in [3.05, 3.63) is 142 Å². The molecule has 0 bridgehead atoms. The van der Waals surface area contributed by atoms with Crippen molar-refractivity contribution in [1.82, 2.24) is 15.0 Å². The van der Waals surface area contributed by atoms with E-state index >= 15 is 4.79 Å². The van der Waals surface area contributed by atoms with Crippen LogP contribution in [0.4, 0.5) is 11.4 Å². The summed E-state index contributed by atoms with van der Waals surface area (Å²) in [5.74, 6) is -0.462. The number of hydrogen-bond acceptors (Lipinski definition) is 6. The van der Waals surface area contributed by atoms with Crippen molar-refractivity contribution >= 4 is 38.9 Å². The van der Waals surface area contributed by atoms with E-state index in [4.69, 9.17) is 5.10 Å². The molecule has 1 N–H and O–H groups in total. The van der Waals surface area contributed by atoms with Crippen LogP contribution >= 0.6 is 15.9 Å². The lowest BCUT2D eigenvalue weighted by molar-refractivity contribution is -0.123. The first kappa shape index (κ1) is 26.3. The van der Waals surface area contributed by atoms with Crippen molar-refractivity contribution in [3.63, 3.8) is 0 Å². The molecule has 5 aromatic rings. The van der Waals surface area contributed by atoms with Gasteiger partial charge in [0.05, 0.1) is 42.4 Å². The normalized spacial score (nSPS) is 19.4. The van der Waals surface area contributed by atoms with Gasteiger partial charge in [0.2, 0.25) is 0 Å². The fourth-order valence-electron chi connectivity index (χ4n) is 6.18. The van der Waals surface area contributed by atoms with Crippen LogP contribution in [-0.2, 0) is 23.5 Å². The standard InChI is InChI=1S/C33H27BrN6O2/c34-25-16-17-28-29(20-25)39(19-18-38-21-26(22-41)35-37-38)32(42)33(28)30(23-10-4-1-5-11-23)31(24-12-6-2-7-13-24)36-40(33)27-14-8-3-9-15-27/h1-17,20-21,30,41H,18-19,22H2. The number of para-hydroxylation sites is 1. The summed E-state index contributed by atoms with van der Waals surface area (Å²) in [6.45, 7) is 0.587. The molecule has 2 aliphatic rings. The van der Waals surface area contributed by atoms with Gasteiger partial charge in [-0.15, -0.1) is 5.10 Å². The summed E-state index contributed by atoms with van der Waals surface area (Å²) in [6.07, 6.45) is 1.70. The first-order chi connectivity index (χ1) is 20.6. The van der Waals surface area contributed by atoms with Crippen LogP contribution in [0, 0.1) is 0 Å². The molecule has 9 heteroatoms. The molecule has 1 amide bonds. The Bertz CT molecular complexity index is 1780. The summed E-state index contributed by atoms with van der Waals surface area (Å²) in [5, 5.41) is 24.8. The molecule has 2 aliphatic heterocycles. The van der Waals surface area contributed by atoms with Gasteiger partial charge in [0.15, 0.2) is 5.54 Å². The Kier molecular flexibility index (Phi) is 6.68. The van der Waals surface area contributed by atoms with E-state index in [-0.39, 0.29) is 12.5 Å². The molecule has 7 rings (SSSR count). The van der Waals surface area contributed by atoms with Gasteiger partial charge >= 0.3 is 0 Å². The lowest BCUT2D eigenvalue weighted by Gasteiger charge is -2.38. The van der Waals surface area contributed by atoms with Gasteiger partial charge in [-0.25, -0.2) is 5.01 Å². The minimum Gasteiger partial charge on any atom is -0.390 e. The van der Waals surface area contributed by atoms with Gasteiger partial charge in [-0.2, -0.15) is 5.10 Å². The Morgan fingerprint density at radius 2 is 1.55 bits per heavy atom. The largest absolute Gasteiger partial charge is 0.390 e. The molecular weight excluding hydrogens is 592 g/mol. The van der Waals surface area contributed by atoms with Gasteiger partial charge in [0, 0.05) is 16.6 Å². The highest BCUT2D eigenvalue weighted by Crippen LogP contribution is 2.57. The van der Waals surface area contributed by atoms with E-state index in [2.05, 4.69) is 50.5 Å². The molecule has 0 radical (unpaired) electrons. The first-order valence-electron chi connectivity index (χ1n) is 13.8. The second-order valence-electron chi connectivity index (χ2n) is 10.4. The number of benzene rings is 4. The molecule has 0 saturated carbocycles. The minimum absolute atomic E-state index is 0.0644. The van der Waals surface area contributed by atoms with Crippen LogP contribution in [0.2, 0.25) is 0 Å². The number of aromatic nitrogens is 3. The number of nitrogens with zero attached hydrogens (tertiary/aromatic N) is 6. The second-order valence-corrected chi connectivity index (χ2v) is 11.3. The number of halogens is 1. The van der Waals surface area contributed by atoms with E-state index in [1.807, 2.05) is 94.8 Å². The van der Waals surface area contributed by atoms with Crippen molar-refractivity contribution in [3.8, 4) is 0 Å². The molecule has 208 valence electrons. The number of fused-ring (bicyclic) bond motifs is 2. The Hall–Kier alpha value is -4.60. The summed E-state index contributed by atoms with van der Waals surface area (Å²) in [4.78, 5) is 17.1. The molecule has 0 aliphatic carbocycles. The van der Waals surface area contributed by atoms with E-state index in [1.165, 1.54) is 0 Å². The maximum Gasteiger partial charge on any atom is 0.260 e. The molecule has 4 aromatic carbocycles. The van der Waals surface area contributed by atoms with E-state index < -0.39 is 11.5 Å². The van der Waals surface area contributed by atoms with Gasteiger partial charge in [-0.05, 0) is 35.4 Å². The Morgan fingerprint density at radius 1 is 0.857 bits per heavy atom. The lowest BCUT2D eigenvalue weighted by atomic mass is 9.72. The number of carbonyl (C=O) groups is 1. The third-order valence-corrected chi connectivity index (χ3v) is 8.46. The molecule has 3 heterocycles. The zero-order chi connectivity index (χ0) is 28.7. The topological polar surface area (TPSA) is 86.8 Å². The third kappa shape index (κ3) is 4.16. The highest BCUT2D eigenvalue weighted by molar-refractivity contribution is 9.10. The van der Waals surface area contributed by atoms with Crippen LogP contribution in [-0.4, -0.2) is 38.3 Å². The van der Waals surface area contributed by atoms with E-state index in [0.717, 1.165) is 38.2 Å². The smallest absolute Gasteiger partial charge is 0.260 e. The average Bonchev–Trinajstić information content (AvgIpc) is 3.71. The number of hydrogen-bond donors (Lipinski definition) is 1. The second kappa shape index (κ2) is 10.7. The Balaban J connectivity index is 1.45. The Morgan fingerprint density at radius 3 is 2.24 bits per heavy atom. The van der Waals surface area contributed by atoms with Crippen LogP contribution in [0.5, 0.6) is 0 Å². The molecule has 8 nitrogen and oxygen atoms in total. The van der Waals surface area contributed by atoms with E-state index in [1.54, 1.807) is 10.9 Å². The van der Waals surface area contributed by atoms with E-state index in [9.17, 15) is 5.11 Å². The highest BCUT2D eigenvalue weighted by Gasteiger charge is 2.64. The number of rotatable bonds is 7. The van der Waals surface area contributed by atoms with Crippen LogP contribution < -0.4 is 9.91 Å². The van der Waals surface area contributed by atoms with Crippen LogP contribution in [0.25, 0.3) is 0 Å². The Labute approximate surface area is 251 Å². The number of amides is 1. The minimum atomic E-state index is -1.18. The summed E-state index contributed by atoms with van der Waals surface area (Å²) < 4.78 is 2.54. The quantitative estimate of drug-likeness (QED) is 0.261. The molecule has 2 atom stereocenters. The molecular formula is C33H27BrN6O2. The van der Waals surface area contributed by atoms with Crippen molar-refractivity contribution < 1.29 is 9.90 Å². The zero-order valence-corrected chi connectivity index (χ0v) is 24.2. The van der Waals surface area contributed by atoms with Gasteiger partial charge in [0.25, 0.3) is 5.91 Å². The van der Waals surface area contributed by atoms with Gasteiger partial charge in [0.1, 0.15) is 5.69 Å². The van der Waals surface area contributed by atoms with E-state index in [0.29, 0.717) is 18.8 Å². The third-order valence-electron chi connectivity index (χ3n) is 7.97. The molecule has 0 saturated heterocycles. The monoisotopic (exact) mass is 618 g/mol. The number of anilines is 2. The SMILES string of the molecule is O=C1N(CCn2cc(CO)nn2)c2cc(Br)ccc2C12C(c1ccccc1)C(c1ccccc1)=NN2c1ccccc1. The zero-order valence-electron chi connectivity index (χ0n) is 22.6. The van der Waals surface area contributed by atoms with Gasteiger partial charge in [-0.3, -0.25) is 9.48 Å². The van der Waals surface area contributed by atoms with Gasteiger partial charge < -0.3 is 10.0 Å².